The number of rotatable bonds is 8. The summed E-state index contributed by atoms with van der Waals surface area (Å²) < 4.78 is 27.5. The van der Waals surface area contributed by atoms with E-state index >= 15 is 0 Å². The van der Waals surface area contributed by atoms with Crippen LogP contribution in [0, 0.1) is 5.82 Å². The van der Waals surface area contributed by atoms with Crippen molar-refractivity contribution in [1.29, 1.82) is 0 Å². The Morgan fingerprint density at radius 2 is 2.00 bits per heavy atom. The normalized spacial score (nSPS) is 11.1. The zero-order chi connectivity index (χ0) is 24.2. The molecule has 11 heteroatoms. The Labute approximate surface area is 198 Å². The standard InChI is InChI=1S/C23H21ClFN5O4/c1-14(2)29-13-26-23-27-17(10-22(32)30(23)29)11-34-20-7-6-15(24)8-19(20)28-21(31)12-33-18-5-3-4-16(25)9-18/h3-10,13-14H,11-12H2,1-2H3,(H,28,31). The Morgan fingerprint density at radius 1 is 1.18 bits per heavy atom. The average molecular weight is 486 g/mol. The van der Waals surface area contributed by atoms with Crippen LogP contribution in [0.25, 0.3) is 5.78 Å². The van der Waals surface area contributed by atoms with Gasteiger partial charge in [0.05, 0.1) is 11.4 Å². The van der Waals surface area contributed by atoms with Crippen molar-refractivity contribution in [2.45, 2.75) is 26.5 Å². The smallest absolute Gasteiger partial charge is 0.274 e. The number of hydrogen-bond acceptors (Lipinski definition) is 6. The molecule has 1 amide bonds. The third-order valence-corrected chi connectivity index (χ3v) is 4.98. The molecule has 9 nitrogen and oxygen atoms in total. The summed E-state index contributed by atoms with van der Waals surface area (Å²) in [4.78, 5) is 33.5. The molecule has 0 unspecified atom stereocenters. The van der Waals surface area contributed by atoms with Crippen molar-refractivity contribution in [2.75, 3.05) is 11.9 Å². The molecule has 0 saturated carbocycles. The summed E-state index contributed by atoms with van der Waals surface area (Å²) in [5.74, 6) is -0.151. The first-order valence-electron chi connectivity index (χ1n) is 10.4. The van der Waals surface area contributed by atoms with E-state index in [2.05, 4.69) is 15.3 Å². The summed E-state index contributed by atoms with van der Waals surface area (Å²) in [6.07, 6.45) is 1.55. The Bertz CT molecular complexity index is 1400. The van der Waals surface area contributed by atoms with E-state index in [9.17, 15) is 14.0 Å². The molecule has 0 aliphatic carbocycles. The van der Waals surface area contributed by atoms with Crippen molar-refractivity contribution < 1.29 is 18.7 Å². The molecule has 0 bridgehead atoms. The van der Waals surface area contributed by atoms with Crippen molar-refractivity contribution in [3.05, 3.63) is 81.7 Å². The SMILES string of the molecule is CC(C)n1cnc2nc(COc3ccc(Cl)cc3NC(=O)COc3cccc(F)c3)cc(=O)n21. The van der Waals surface area contributed by atoms with Crippen LogP contribution in [0.1, 0.15) is 25.6 Å². The number of anilines is 1. The van der Waals surface area contributed by atoms with E-state index < -0.39 is 11.7 Å². The van der Waals surface area contributed by atoms with Crippen molar-refractivity contribution >= 4 is 29.0 Å². The van der Waals surface area contributed by atoms with Gasteiger partial charge in [-0.05, 0) is 44.2 Å². The predicted octanol–water partition coefficient (Wildman–Crippen LogP) is 3.86. The van der Waals surface area contributed by atoms with Crippen molar-refractivity contribution in [2.24, 2.45) is 0 Å². The number of aromatic nitrogens is 4. The van der Waals surface area contributed by atoms with Gasteiger partial charge >= 0.3 is 0 Å². The fraction of sp³-hybridized carbons (Fsp3) is 0.217. The van der Waals surface area contributed by atoms with Crippen molar-refractivity contribution in [3.8, 4) is 11.5 Å². The molecule has 34 heavy (non-hydrogen) atoms. The van der Waals surface area contributed by atoms with Crippen LogP contribution < -0.4 is 20.3 Å². The van der Waals surface area contributed by atoms with Gasteiger partial charge in [-0.3, -0.25) is 14.3 Å². The van der Waals surface area contributed by atoms with Gasteiger partial charge in [-0.15, -0.1) is 0 Å². The second-order valence-corrected chi connectivity index (χ2v) is 8.08. The number of amides is 1. The Morgan fingerprint density at radius 3 is 2.76 bits per heavy atom. The van der Waals surface area contributed by atoms with Crippen LogP contribution in [0.5, 0.6) is 11.5 Å². The lowest BCUT2D eigenvalue weighted by atomic mass is 10.3. The zero-order valence-corrected chi connectivity index (χ0v) is 19.1. The van der Waals surface area contributed by atoms with Gasteiger partial charge in [0.1, 0.15) is 30.3 Å². The molecule has 1 N–H and O–H groups in total. The molecule has 0 radical (unpaired) electrons. The highest BCUT2D eigenvalue weighted by Crippen LogP contribution is 2.28. The zero-order valence-electron chi connectivity index (χ0n) is 18.4. The Balaban J connectivity index is 1.46. The van der Waals surface area contributed by atoms with Crippen LogP contribution in [0.15, 0.2) is 59.7 Å². The second-order valence-electron chi connectivity index (χ2n) is 7.64. The van der Waals surface area contributed by atoms with Crippen molar-refractivity contribution in [3.63, 3.8) is 0 Å². The summed E-state index contributed by atoms with van der Waals surface area (Å²) >= 11 is 6.07. The van der Waals surface area contributed by atoms with E-state index in [0.717, 1.165) is 0 Å². The molecule has 0 atom stereocenters. The number of ether oxygens (including phenoxy) is 2. The number of carbonyl (C=O) groups is 1. The van der Waals surface area contributed by atoms with Crippen LogP contribution in [-0.4, -0.2) is 31.7 Å². The van der Waals surface area contributed by atoms with Gasteiger partial charge in [-0.2, -0.15) is 9.50 Å². The van der Waals surface area contributed by atoms with Gasteiger partial charge in [0, 0.05) is 23.2 Å². The Hall–Kier alpha value is -3.92. The fourth-order valence-corrected chi connectivity index (χ4v) is 3.35. The number of nitrogens with one attached hydrogen (secondary N) is 1. The van der Waals surface area contributed by atoms with E-state index in [4.69, 9.17) is 21.1 Å². The molecular formula is C23H21ClFN5O4. The second kappa shape index (κ2) is 9.92. The third kappa shape index (κ3) is 5.34. The molecule has 0 fully saturated rings. The lowest BCUT2D eigenvalue weighted by Gasteiger charge is -2.13. The summed E-state index contributed by atoms with van der Waals surface area (Å²) in [7, 11) is 0. The number of fused-ring (bicyclic) bond motifs is 1. The van der Waals surface area contributed by atoms with Gasteiger partial charge in [0.2, 0.25) is 0 Å². The van der Waals surface area contributed by atoms with E-state index in [1.807, 2.05) is 13.8 Å². The van der Waals surface area contributed by atoms with E-state index in [-0.39, 0.29) is 36.3 Å². The van der Waals surface area contributed by atoms with Crippen LogP contribution >= 0.6 is 11.6 Å². The number of halogens is 2. The number of carbonyl (C=O) groups excluding carboxylic acids is 1. The number of benzene rings is 2. The predicted molar refractivity (Wildman–Crippen MR) is 124 cm³/mol. The number of nitrogens with zero attached hydrogens (tertiary/aromatic N) is 4. The maximum absolute atomic E-state index is 13.3. The minimum absolute atomic E-state index is 0.0371. The summed E-state index contributed by atoms with van der Waals surface area (Å²) in [6, 6.07) is 11.6. The molecule has 2 aromatic carbocycles. The quantitative estimate of drug-likeness (QED) is 0.407. The number of hydrogen-bond donors (Lipinski definition) is 1. The Kier molecular flexibility index (Phi) is 6.78. The first kappa shape index (κ1) is 23.2. The van der Waals surface area contributed by atoms with Gasteiger partial charge < -0.3 is 14.8 Å². The highest BCUT2D eigenvalue weighted by molar-refractivity contribution is 6.31. The van der Waals surface area contributed by atoms with Gasteiger partial charge in [-0.1, -0.05) is 17.7 Å². The molecule has 176 valence electrons. The molecular weight excluding hydrogens is 465 g/mol. The molecule has 0 spiro atoms. The monoisotopic (exact) mass is 485 g/mol. The molecule has 4 aromatic rings. The van der Waals surface area contributed by atoms with Crippen LogP contribution in [0.3, 0.4) is 0 Å². The van der Waals surface area contributed by atoms with E-state index in [1.165, 1.54) is 34.8 Å². The van der Waals surface area contributed by atoms with Gasteiger partial charge in [0.25, 0.3) is 17.2 Å². The molecule has 2 heterocycles. The molecule has 4 rings (SSSR count). The molecule has 0 aliphatic heterocycles. The summed E-state index contributed by atoms with van der Waals surface area (Å²) in [5.41, 5.74) is 0.400. The maximum atomic E-state index is 13.3. The van der Waals surface area contributed by atoms with Crippen LogP contribution in [-0.2, 0) is 11.4 Å². The minimum Gasteiger partial charge on any atom is -0.485 e. The summed E-state index contributed by atoms with van der Waals surface area (Å²) in [5, 5.41) is 3.04. The van der Waals surface area contributed by atoms with Crippen molar-refractivity contribution in [1.82, 2.24) is 19.2 Å². The minimum atomic E-state index is -0.492. The van der Waals surface area contributed by atoms with Gasteiger partial charge in [-0.25, -0.2) is 9.37 Å². The third-order valence-electron chi connectivity index (χ3n) is 4.74. The average Bonchev–Trinajstić information content (AvgIpc) is 3.22. The topological polar surface area (TPSA) is 99.8 Å². The highest BCUT2D eigenvalue weighted by Gasteiger charge is 2.13. The fourth-order valence-electron chi connectivity index (χ4n) is 3.18. The molecule has 2 aromatic heterocycles. The highest BCUT2D eigenvalue weighted by atomic mass is 35.5. The van der Waals surface area contributed by atoms with E-state index in [1.54, 1.807) is 29.2 Å². The summed E-state index contributed by atoms with van der Waals surface area (Å²) in [6.45, 7) is 3.49. The van der Waals surface area contributed by atoms with Gasteiger partial charge in [0.15, 0.2) is 6.61 Å². The molecule has 0 saturated heterocycles. The van der Waals surface area contributed by atoms with E-state index in [0.29, 0.717) is 22.2 Å². The lowest BCUT2D eigenvalue weighted by molar-refractivity contribution is -0.118. The first-order chi connectivity index (χ1) is 16.3. The first-order valence-corrected chi connectivity index (χ1v) is 10.7. The largest absolute Gasteiger partial charge is 0.485 e. The maximum Gasteiger partial charge on any atom is 0.274 e. The lowest BCUT2D eigenvalue weighted by Crippen LogP contribution is -2.23. The van der Waals surface area contributed by atoms with Crippen LogP contribution in [0.2, 0.25) is 5.02 Å². The molecule has 0 aliphatic rings. The van der Waals surface area contributed by atoms with Crippen LogP contribution in [0.4, 0.5) is 10.1 Å².